The summed E-state index contributed by atoms with van der Waals surface area (Å²) in [7, 11) is -1.57. The van der Waals surface area contributed by atoms with E-state index in [1.54, 1.807) is 30.5 Å². The molecule has 1 amide bonds. The van der Waals surface area contributed by atoms with Gasteiger partial charge >= 0.3 is 0 Å². The van der Waals surface area contributed by atoms with Gasteiger partial charge in [-0.05, 0) is 74.0 Å². The van der Waals surface area contributed by atoms with Crippen molar-refractivity contribution in [2.45, 2.75) is 30.8 Å². The van der Waals surface area contributed by atoms with Gasteiger partial charge in [-0.2, -0.15) is 18.0 Å². The third-order valence-corrected chi connectivity index (χ3v) is 10.4. The molecular formula is C35H36N6O6S. The largest absolute Gasteiger partial charge is 0.497 e. The van der Waals surface area contributed by atoms with Crippen LogP contribution in [0, 0.1) is 11.3 Å². The van der Waals surface area contributed by atoms with E-state index < -0.39 is 21.5 Å². The summed E-state index contributed by atoms with van der Waals surface area (Å²) in [6, 6.07) is 18.8. The lowest BCUT2D eigenvalue weighted by atomic mass is 9.80. The summed E-state index contributed by atoms with van der Waals surface area (Å²) in [5, 5.41) is 9.68. The van der Waals surface area contributed by atoms with Crippen molar-refractivity contribution in [1.82, 2.24) is 14.9 Å². The van der Waals surface area contributed by atoms with E-state index in [4.69, 9.17) is 14.2 Å². The number of fused-ring (bicyclic) bond motifs is 1. The first-order valence-electron chi connectivity index (χ1n) is 15.6. The molecule has 48 heavy (non-hydrogen) atoms. The average molecular weight is 669 g/mol. The molecule has 1 unspecified atom stereocenters. The highest BCUT2D eigenvalue weighted by Gasteiger charge is 2.61. The smallest absolute Gasteiger partial charge is 0.288 e. The van der Waals surface area contributed by atoms with Crippen LogP contribution in [0.3, 0.4) is 0 Å². The van der Waals surface area contributed by atoms with Crippen LogP contribution in [0.4, 0.5) is 11.4 Å². The van der Waals surface area contributed by atoms with Crippen molar-refractivity contribution >= 4 is 27.3 Å². The first-order valence-corrected chi connectivity index (χ1v) is 17.1. The number of methoxy groups -OCH3 is 2. The van der Waals surface area contributed by atoms with Gasteiger partial charge in [0, 0.05) is 54.9 Å². The second-order valence-electron chi connectivity index (χ2n) is 11.3. The predicted molar refractivity (Wildman–Crippen MR) is 179 cm³/mol. The van der Waals surface area contributed by atoms with Crippen LogP contribution in [0.5, 0.6) is 17.2 Å². The van der Waals surface area contributed by atoms with E-state index >= 15 is 4.79 Å². The topological polar surface area (TPSA) is 138 Å². The fourth-order valence-corrected chi connectivity index (χ4v) is 7.89. The van der Waals surface area contributed by atoms with E-state index in [-0.39, 0.29) is 16.3 Å². The SMILES string of the molecule is CCOc1ccc(OC)cc1C1(N2CCN(c3ccnc(CC)c3)CC2)C(=O)N(S(=O)(=O)c2ccc(OC)cn2)c2ccc(C#N)cc21. The number of nitriles is 1. The Kier molecular flexibility index (Phi) is 8.96. The van der Waals surface area contributed by atoms with E-state index in [0.717, 1.165) is 22.1 Å². The summed E-state index contributed by atoms with van der Waals surface area (Å²) >= 11 is 0. The zero-order valence-corrected chi connectivity index (χ0v) is 28.0. The van der Waals surface area contributed by atoms with Crippen LogP contribution in [0.2, 0.25) is 0 Å². The van der Waals surface area contributed by atoms with Crippen LogP contribution in [-0.4, -0.2) is 76.2 Å². The molecule has 1 fully saturated rings. The van der Waals surface area contributed by atoms with Crippen LogP contribution in [0.1, 0.15) is 36.2 Å². The van der Waals surface area contributed by atoms with Crippen molar-refractivity contribution in [2.75, 3.05) is 56.2 Å². The normalized spacial score (nSPS) is 17.9. The molecule has 0 spiro atoms. The lowest BCUT2D eigenvalue weighted by Crippen LogP contribution is -2.60. The van der Waals surface area contributed by atoms with E-state index in [1.165, 1.54) is 44.7 Å². The van der Waals surface area contributed by atoms with Gasteiger partial charge in [0.2, 0.25) is 0 Å². The molecule has 0 saturated carbocycles. The fourth-order valence-electron chi connectivity index (χ4n) is 6.51. The summed E-state index contributed by atoms with van der Waals surface area (Å²) in [5.41, 5.74) is 1.45. The van der Waals surface area contributed by atoms with Crippen molar-refractivity contribution in [3.63, 3.8) is 0 Å². The lowest BCUT2D eigenvalue weighted by Gasteiger charge is -2.46. The van der Waals surface area contributed by atoms with Crippen molar-refractivity contribution in [3.05, 3.63) is 95.4 Å². The Hall–Kier alpha value is -5.19. The molecule has 0 aliphatic carbocycles. The van der Waals surface area contributed by atoms with Crippen molar-refractivity contribution in [1.29, 1.82) is 5.26 Å². The maximum Gasteiger partial charge on any atom is 0.288 e. The fraction of sp³-hybridized carbons (Fsp3) is 0.314. The Morgan fingerprint density at radius 3 is 2.29 bits per heavy atom. The van der Waals surface area contributed by atoms with Gasteiger partial charge in [-0.15, -0.1) is 0 Å². The first kappa shape index (κ1) is 32.7. The number of rotatable bonds is 10. The van der Waals surface area contributed by atoms with Crippen LogP contribution in [-0.2, 0) is 26.8 Å². The average Bonchev–Trinajstić information content (AvgIpc) is 3.40. The monoisotopic (exact) mass is 668 g/mol. The molecule has 0 bridgehead atoms. The third-order valence-electron chi connectivity index (χ3n) is 8.84. The Bertz CT molecular complexity index is 1990. The number of ether oxygens (including phenoxy) is 3. The van der Waals surface area contributed by atoms with Gasteiger partial charge in [0.15, 0.2) is 10.6 Å². The summed E-state index contributed by atoms with van der Waals surface area (Å²) in [6.45, 7) is 6.02. The van der Waals surface area contributed by atoms with Crippen molar-refractivity contribution in [3.8, 4) is 23.3 Å². The van der Waals surface area contributed by atoms with Gasteiger partial charge in [-0.1, -0.05) is 6.92 Å². The molecule has 12 nitrogen and oxygen atoms in total. The second-order valence-corrected chi connectivity index (χ2v) is 13.0. The number of aromatic nitrogens is 2. The summed E-state index contributed by atoms with van der Waals surface area (Å²) in [4.78, 5) is 28.2. The van der Waals surface area contributed by atoms with Crippen LogP contribution >= 0.6 is 0 Å². The zero-order chi connectivity index (χ0) is 34.1. The third kappa shape index (κ3) is 5.36. The van der Waals surface area contributed by atoms with E-state index in [1.807, 2.05) is 17.9 Å². The number of hydrogen-bond donors (Lipinski definition) is 0. The standard InChI is InChI=1S/C35H36N6O6S/c1-5-25-20-26(13-14-37-25)39-15-17-40(18-16-39)35(30-21-27(45-3)8-11-32(30)47-6-2)29-19-24(22-36)7-10-31(29)41(34(35)42)48(43,44)33-12-9-28(46-4)23-38-33/h7-14,19-21,23H,5-6,15-18H2,1-4H3. The number of carbonyl (C=O) groups is 1. The first-order chi connectivity index (χ1) is 23.2. The number of carbonyl (C=O) groups excluding carboxylic acids is 1. The number of nitrogens with zero attached hydrogens (tertiary/aromatic N) is 6. The Morgan fingerprint density at radius 1 is 0.896 bits per heavy atom. The van der Waals surface area contributed by atoms with Gasteiger partial charge < -0.3 is 19.1 Å². The van der Waals surface area contributed by atoms with E-state index in [0.29, 0.717) is 61.2 Å². The number of amides is 1. The molecular weight excluding hydrogens is 632 g/mol. The minimum Gasteiger partial charge on any atom is -0.497 e. The number of hydrogen-bond acceptors (Lipinski definition) is 11. The predicted octanol–water partition coefficient (Wildman–Crippen LogP) is 4.13. The second kappa shape index (κ2) is 13.1. The summed E-state index contributed by atoms with van der Waals surface area (Å²) < 4.78 is 46.6. The molecule has 4 heterocycles. The summed E-state index contributed by atoms with van der Waals surface area (Å²) in [5.74, 6) is 0.487. The van der Waals surface area contributed by atoms with E-state index in [2.05, 4.69) is 33.9 Å². The number of aryl methyl sites for hydroxylation is 1. The molecule has 6 rings (SSSR count). The molecule has 2 aliphatic heterocycles. The van der Waals surface area contributed by atoms with Gasteiger partial charge in [0.25, 0.3) is 15.9 Å². The number of pyridine rings is 2. The zero-order valence-electron chi connectivity index (χ0n) is 27.2. The molecule has 1 atom stereocenters. The molecule has 2 aromatic carbocycles. The molecule has 0 N–H and O–H groups in total. The van der Waals surface area contributed by atoms with Gasteiger partial charge in [-0.3, -0.25) is 14.7 Å². The number of anilines is 2. The van der Waals surface area contributed by atoms with E-state index in [9.17, 15) is 13.7 Å². The van der Waals surface area contributed by atoms with Crippen molar-refractivity contribution < 1.29 is 27.4 Å². The van der Waals surface area contributed by atoms with Gasteiger partial charge in [-0.25, -0.2) is 4.98 Å². The van der Waals surface area contributed by atoms with Crippen LogP contribution < -0.4 is 23.4 Å². The van der Waals surface area contributed by atoms with Crippen molar-refractivity contribution in [2.24, 2.45) is 0 Å². The minimum atomic E-state index is -4.55. The highest BCUT2D eigenvalue weighted by atomic mass is 32.2. The maximum atomic E-state index is 15.4. The highest BCUT2D eigenvalue weighted by Crippen LogP contribution is 2.53. The molecule has 13 heteroatoms. The lowest BCUT2D eigenvalue weighted by molar-refractivity contribution is -0.127. The van der Waals surface area contributed by atoms with Gasteiger partial charge in [0.1, 0.15) is 17.2 Å². The molecule has 248 valence electrons. The molecule has 0 radical (unpaired) electrons. The van der Waals surface area contributed by atoms with Crippen LogP contribution in [0.15, 0.2) is 78.1 Å². The molecule has 1 saturated heterocycles. The maximum absolute atomic E-state index is 15.4. The number of benzene rings is 2. The minimum absolute atomic E-state index is 0.131. The Labute approximate surface area is 280 Å². The molecule has 4 aromatic rings. The molecule has 2 aliphatic rings. The quantitative estimate of drug-likeness (QED) is 0.241. The Balaban J connectivity index is 1.57. The molecule has 2 aromatic heterocycles. The Morgan fingerprint density at radius 2 is 1.65 bits per heavy atom. The van der Waals surface area contributed by atoms with Gasteiger partial charge in [0.05, 0.1) is 44.3 Å². The highest BCUT2D eigenvalue weighted by molar-refractivity contribution is 7.93. The summed E-state index contributed by atoms with van der Waals surface area (Å²) in [6.07, 6.45) is 3.88. The van der Waals surface area contributed by atoms with Crippen LogP contribution in [0.25, 0.3) is 0 Å². The number of sulfonamides is 1. The number of piperazine rings is 1.